The molecule has 0 spiro atoms. The molecular formula is C29H32N4O6. The third-order valence-electron chi connectivity index (χ3n) is 6.70. The van der Waals surface area contributed by atoms with Crippen LogP contribution in [0.1, 0.15) is 58.8 Å². The second kappa shape index (κ2) is 12.4. The number of carbonyl (C=O) groups is 2. The molecule has 1 fully saturated rings. The van der Waals surface area contributed by atoms with Crippen LogP contribution in [0.3, 0.4) is 0 Å². The van der Waals surface area contributed by atoms with Crippen molar-refractivity contribution in [2.75, 3.05) is 26.7 Å². The number of ether oxygens (including phenoxy) is 1. The highest BCUT2D eigenvalue weighted by Crippen LogP contribution is 2.31. The van der Waals surface area contributed by atoms with Gasteiger partial charge in [-0.1, -0.05) is 18.2 Å². The summed E-state index contributed by atoms with van der Waals surface area (Å²) < 4.78 is 10.8. The monoisotopic (exact) mass is 532 g/mol. The number of carbonyl (C=O) groups excluding carboxylic acids is 2. The summed E-state index contributed by atoms with van der Waals surface area (Å²) in [5.41, 5.74) is 3.09. The molecule has 3 aromatic rings. The average molecular weight is 533 g/mol. The number of aromatic nitrogens is 1. The lowest BCUT2D eigenvalue weighted by atomic mass is 9.89. The van der Waals surface area contributed by atoms with Crippen LogP contribution in [0.4, 0.5) is 5.88 Å². The van der Waals surface area contributed by atoms with Crippen LogP contribution >= 0.6 is 0 Å². The van der Waals surface area contributed by atoms with Crippen LogP contribution in [0.5, 0.6) is 5.75 Å². The Hall–Kier alpha value is -4.47. The normalized spacial score (nSPS) is 14.0. The van der Waals surface area contributed by atoms with Gasteiger partial charge in [0.25, 0.3) is 5.91 Å². The number of rotatable bonds is 9. The van der Waals surface area contributed by atoms with Gasteiger partial charge in [0.2, 0.25) is 5.91 Å². The molecule has 4 rings (SSSR count). The lowest BCUT2D eigenvalue weighted by molar-refractivity contribution is -0.402. The van der Waals surface area contributed by atoms with E-state index in [-0.39, 0.29) is 29.4 Å². The van der Waals surface area contributed by atoms with Crippen LogP contribution in [0.2, 0.25) is 0 Å². The van der Waals surface area contributed by atoms with Crippen LogP contribution in [0.25, 0.3) is 6.08 Å². The number of nitrogens with zero attached hydrogens (tertiary/aromatic N) is 4. The maximum absolute atomic E-state index is 13.5. The van der Waals surface area contributed by atoms with Gasteiger partial charge in [0.15, 0.2) is 0 Å². The highest BCUT2D eigenvalue weighted by Gasteiger charge is 2.28. The Bertz CT molecular complexity index is 1370. The first-order valence-electron chi connectivity index (χ1n) is 12.9. The number of likely N-dealkylation sites (tertiary alicyclic amines) is 1. The maximum Gasteiger partial charge on any atom is 0.433 e. The fourth-order valence-corrected chi connectivity index (χ4v) is 4.69. The minimum absolute atomic E-state index is 0.0358. The maximum atomic E-state index is 13.5. The number of aryl methyl sites for hydroxylation is 1. The standard InChI is InChI=1S/C29H32N4O6/c1-4-38-25-8-6-5-7-22(25)19-31(3)29(35)24-12-9-20(2)30-28(24)21-15-17-32(18-16-21)26(34)13-10-23-11-14-27(39-23)33(36)37/h5-14,21H,4,15-19H2,1-3H3/b13-10+. The van der Waals surface area contributed by atoms with Crippen molar-refractivity contribution in [3.63, 3.8) is 0 Å². The summed E-state index contributed by atoms with van der Waals surface area (Å²) >= 11 is 0. The van der Waals surface area contributed by atoms with Crippen LogP contribution in [-0.2, 0) is 11.3 Å². The van der Waals surface area contributed by atoms with E-state index < -0.39 is 4.92 Å². The number of piperidine rings is 1. The van der Waals surface area contributed by atoms with Crippen LogP contribution in [0.15, 0.2) is 59.0 Å². The largest absolute Gasteiger partial charge is 0.494 e. The van der Waals surface area contributed by atoms with Crippen LogP contribution < -0.4 is 4.74 Å². The number of hydrogen-bond donors (Lipinski definition) is 0. The van der Waals surface area contributed by atoms with E-state index in [2.05, 4.69) is 0 Å². The van der Waals surface area contributed by atoms with E-state index in [9.17, 15) is 19.7 Å². The van der Waals surface area contributed by atoms with Gasteiger partial charge in [-0.25, -0.2) is 0 Å². The van der Waals surface area contributed by atoms with E-state index in [1.54, 1.807) is 16.8 Å². The third kappa shape index (κ3) is 6.70. The Balaban J connectivity index is 1.42. The minimum atomic E-state index is -0.625. The molecule has 10 nitrogen and oxygen atoms in total. The Labute approximate surface area is 227 Å². The topological polar surface area (TPSA) is 119 Å². The molecule has 1 saturated heterocycles. The van der Waals surface area contributed by atoms with Crippen molar-refractivity contribution in [3.8, 4) is 5.75 Å². The van der Waals surface area contributed by atoms with Gasteiger partial charge >= 0.3 is 5.88 Å². The molecule has 1 aliphatic rings. The van der Waals surface area contributed by atoms with Crippen molar-refractivity contribution in [2.45, 2.75) is 39.2 Å². The second-order valence-corrected chi connectivity index (χ2v) is 9.45. The first kappa shape index (κ1) is 27.6. The molecule has 2 aromatic heterocycles. The van der Waals surface area contributed by atoms with Crippen molar-refractivity contribution in [1.29, 1.82) is 0 Å². The Morgan fingerprint density at radius 3 is 2.62 bits per heavy atom. The van der Waals surface area contributed by atoms with Crippen LogP contribution in [-0.4, -0.2) is 58.3 Å². The molecule has 10 heteroatoms. The predicted octanol–water partition coefficient (Wildman–Crippen LogP) is 4.98. The smallest absolute Gasteiger partial charge is 0.433 e. The number of pyridine rings is 1. The molecule has 0 aliphatic carbocycles. The summed E-state index contributed by atoms with van der Waals surface area (Å²) in [6.45, 7) is 5.80. The van der Waals surface area contributed by atoms with E-state index >= 15 is 0 Å². The molecule has 0 atom stereocenters. The van der Waals surface area contributed by atoms with Crippen molar-refractivity contribution in [2.24, 2.45) is 0 Å². The SMILES string of the molecule is CCOc1ccccc1CN(C)C(=O)c1ccc(C)nc1C1CCN(C(=O)/C=C/c2ccc([N+](=O)[O-])o2)CC1. The predicted molar refractivity (Wildman–Crippen MR) is 145 cm³/mol. The van der Waals surface area contributed by atoms with Gasteiger partial charge in [-0.3, -0.25) is 24.7 Å². The van der Waals surface area contributed by atoms with Gasteiger partial charge in [-0.2, -0.15) is 0 Å². The molecule has 0 N–H and O–H groups in total. The molecular weight excluding hydrogens is 500 g/mol. The number of nitro groups is 1. The molecule has 0 bridgehead atoms. The first-order valence-corrected chi connectivity index (χ1v) is 12.9. The third-order valence-corrected chi connectivity index (χ3v) is 6.70. The fraction of sp³-hybridized carbons (Fsp3) is 0.345. The number of hydrogen-bond acceptors (Lipinski definition) is 7. The van der Waals surface area contributed by atoms with E-state index in [4.69, 9.17) is 14.1 Å². The van der Waals surface area contributed by atoms with E-state index in [1.165, 1.54) is 24.3 Å². The molecule has 0 unspecified atom stereocenters. The van der Waals surface area contributed by atoms with E-state index in [0.717, 1.165) is 22.7 Å². The van der Waals surface area contributed by atoms with Gasteiger partial charge in [0, 0.05) is 49.9 Å². The van der Waals surface area contributed by atoms with E-state index in [0.29, 0.717) is 44.6 Å². The highest BCUT2D eigenvalue weighted by atomic mass is 16.6. The molecule has 1 aliphatic heterocycles. The van der Waals surface area contributed by atoms with Crippen LogP contribution in [0, 0.1) is 17.0 Å². The Morgan fingerprint density at radius 1 is 1.18 bits per heavy atom. The molecule has 3 heterocycles. The number of benzene rings is 1. The van der Waals surface area contributed by atoms with Gasteiger partial charge in [0.1, 0.15) is 16.4 Å². The van der Waals surface area contributed by atoms with Crippen molar-refractivity contribution < 1.29 is 23.7 Å². The zero-order valence-corrected chi connectivity index (χ0v) is 22.3. The van der Waals surface area contributed by atoms with Crippen molar-refractivity contribution >= 4 is 23.8 Å². The lowest BCUT2D eigenvalue weighted by Gasteiger charge is -2.32. The number of para-hydroxylation sites is 1. The summed E-state index contributed by atoms with van der Waals surface area (Å²) in [5.74, 6) is 0.353. The molecule has 204 valence electrons. The van der Waals surface area contributed by atoms with Crippen molar-refractivity contribution in [1.82, 2.24) is 14.8 Å². The van der Waals surface area contributed by atoms with Gasteiger partial charge in [-0.05, 0) is 57.0 Å². The highest BCUT2D eigenvalue weighted by molar-refractivity contribution is 5.95. The van der Waals surface area contributed by atoms with E-state index in [1.807, 2.05) is 50.2 Å². The zero-order chi connectivity index (χ0) is 27.9. The minimum Gasteiger partial charge on any atom is -0.494 e. The molecule has 1 aromatic carbocycles. The molecule has 0 radical (unpaired) electrons. The van der Waals surface area contributed by atoms with Gasteiger partial charge in [-0.15, -0.1) is 0 Å². The first-order chi connectivity index (χ1) is 18.8. The summed E-state index contributed by atoms with van der Waals surface area (Å²) in [6, 6.07) is 14.1. The number of amides is 2. The molecule has 2 amide bonds. The average Bonchev–Trinajstić information content (AvgIpc) is 3.42. The Kier molecular flexibility index (Phi) is 8.75. The number of furan rings is 1. The summed E-state index contributed by atoms with van der Waals surface area (Å²) in [5, 5.41) is 10.8. The molecule has 0 saturated carbocycles. The fourth-order valence-electron chi connectivity index (χ4n) is 4.69. The summed E-state index contributed by atoms with van der Waals surface area (Å²) in [4.78, 5) is 44.6. The Morgan fingerprint density at radius 2 is 1.92 bits per heavy atom. The lowest BCUT2D eigenvalue weighted by Crippen LogP contribution is -2.37. The van der Waals surface area contributed by atoms with Gasteiger partial charge in [0.05, 0.1) is 23.9 Å². The van der Waals surface area contributed by atoms with Crippen molar-refractivity contribution in [3.05, 3.63) is 93.0 Å². The quantitative estimate of drug-likeness (QED) is 0.217. The zero-order valence-electron chi connectivity index (χ0n) is 22.3. The second-order valence-electron chi connectivity index (χ2n) is 9.45. The van der Waals surface area contributed by atoms with Gasteiger partial charge < -0.3 is 19.0 Å². The molecule has 39 heavy (non-hydrogen) atoms. The summed E-state index contributed by atoms with van der Waals surface area (Å²) in [7, 11) is 1.77. The summed E-state index contributed by atoms with van der Waals surface area (Å²) in [6.07, 6.45) is 4.12.